The first-order valence-electron chi connectivity index (χ1n) is 24.2. The van der Waals surface area contributed by atoms with E-state index in [4.69, 9.17) is 0 Å². The first-order chi connectivity index (χ1) is 26.9. The van der Waals surface area contributed by atoms with E-state index >= 15 is 0 Å². The van der Waals surface area contributed by atoms with Crippen molar-refractivity contribution in [3.63, 3.8) is 0 Å². The molecule has 4 aromatic rings. The number of thiophene rings is 2. The van der Waals surface area contributed by atoms with Crippen molar-refractivity contribution in [1.82, 2.24) is 0 Å². The van der Waals surface area contributed by atoms with Crippen LogP contribution in [0.5, 0.6) is 0 Å². The third kappa shape index (κ3) is 19.2. The van der Waals surface area contributed by atoms with Gasteiger partial charge in [0.15, 0.2) is 0 Å². The normalized spacial score (nSPS) is 11.9. The van der Waals surface area contributed by atoms with Crippen LogP contribution in [0.3, 0.4) is 0 Å². The molecule has 0 spiro atoms. The number of fused-ring (bicyclic) bond motifs is 5. The third-order valence-corrected chi connectivity index (χ3v) is 14.9. The number of hydrogen-bond acceptors (Lipinski definition) is 2. The molecule has 304 valence electrons. The highest BCUT2D eigenvalue weighted by Crippen LogP contribution is 2.44. The van der Waals surface area contributed by atoms with Crippen molar-refractivity contribution in [3.8, 4) is 0 Å². The fourth-order valence-electron chi connectivity index (χ4n) is 8.82. The summed E-state index contributed by atoms with van der Waals surface area (Å²) >= 11 is 3.96. The van der Waals surface area contributed by atoms with Crippen LogP contribution in [0, 0.1) is 0 Å². The molecule has 0 N–H and O–H groups in total. The fraction of sp³-hybridized carbons (Fsp3) is 0.731. The van der Waals surface area contributed by atoms with E-state index in [2.05, 4.69) is 49.4 Å². The molecule has 0 saturated carbocycles. The van der Waals surface area contributed by atoms with Gasteiger partial charge in [-0.3, -0.25) is 0 Å². The molecule has 0 aliphatic heterocycles. The lowest BCUT2D eigenvalue weighted by molar-refractivity contribution is 0.510. The van der Waals surface area contributed by atoms with Crippen molar-refractivity contribution in [1.29, 1.82) is 0 Å². The van der Waals surface area contributed by atoms with Gasteiger partial charge in [-0.25, -0.2) is 0 Å². The number of aryl methyl sites for hydroxylation is 1. The minimum Gasteiger partial charge on any atom is -0.134 e. The highest BCUT2D eigenvalue weighted by molar-refractivity contribution is 7.36. The molecule has 0 amide bonds. The Labute approximate surface area is 343 Å². The molecule has 0 unspecified atom stereocenters. The quantitative estimate of drug-likeness (QED) is 0.0401. The topological polar surface area (TPSA) is 0 Å². The molecule has 0 atom stereocenters. The molecular formula is C52H84S2. The molecule has 2 aromatic heterocycles. The lowest BCUT2D eigenvalue weighted by atomic mass is 10.0. The molecule has 54 heavy (non-hydrogen) atoms. The summed E-state index contributed by atoms with van der Waals surface area (Å²) in [7, 11) is 0. The molecule has 2 aromatic carbocycles. The summed E-state index contributed by atoms with van der Waals surface area (Å²) in [6.45, 7) is 2.31. The fourth-order valence-corrected chi connectivity index (χ4v) is 11.5. The maximum Gasteiger partial charge on any atom is 0.0542 e. The average molecular weight is 773 g/mol. The Hall–Kier alpha value is -1.38. The Bertz CT molecular complexity index is 1440. The van der Waals surface area contributed by atoms with Crippen molar-refractivity contribution in [2.45, 2.75) is 244 Å². The number of benzene rings is 2. The summed E-state index contributed by atoms with van der Waals surface area (Å²) in [5.41, 5.74) is 1.53. The van der Waals surface area contributed by atoms with Gasteiger partial charge in [-0.2, -0.15) is 0 Å². The first-order valence-corrected chi connectivity index (χ1v) is 25.8. The summed E-state index contributed by atoms with van der Waals surface area (Å²) < 4.78 is 5.87. The smallest absolute Gasteiger partial charge is 0.0542 e. The molecule has 4 rings (SSSR count). The van der Waals surface area contributed by atoms with Crippen LogP contribution in [0.15, 0.2) is 42.5 Å². The molecule has 0 fully saturated rings. The van der Waals surface area contributed by atoms with Gasteiger partial charge in [0.2, 0.25) is 0 Å². The summed E-state index contributed by atoms with van der Waals surface area (Å²) in [4.78, 5) is 0. The number of unbranched alkanes of at least 4 members (excludes halogenated alkanes) is 35. The van der Waals surface area contributed by atoms with Crippen LogP contribution in [-0.4, -0.2) is 0 Å². The molecule has 2 heteroatoms. The van der Waals surface area contributed by atoms with E-state index in [-0.39, 0.29) is 0 Å². The second-order valence-corrected chi connectivity index (χ2v) is 19.4. The third-order valence-electron chi connectivity index (χ3n) is 12.4. The molecule has 0 aliphatic carbocycles. The van der Waals surface area contributed by atoms with Crippen LogP contribution < -0.4 is 0 Å². The van der Waals surface area contributed by atoms with E-state index in [1.807, 2.05) is 22.7 Å². The van der Waals surface area contributed by atoms with Crippen LogP contribution in [0.1, 0.15) is 244 Å². The predicted octanol–water partition coefficient (Wildman–Crippen LogP) is 19.9. The molecular weight excluding hydrogens is 689 g/mol. The molecule has 0 bridgehead atoms. The van der Waals surface area contributed by atoms with Gasteiger partial charge in [-0.15, -0.1) is 22.7 Å². The largest absolute Gasteiger partial charge is 0.134 e. The lowest BCUT2D eigenvalue weighted by Gasteiger charge is -2.05. The summed E-state index contributed by atoms with van der Waals surface area (Å²) in [6.07, 6.45) is 54.1. The SMILES string of the molecule is CCCCCCCCCCCCCCCCCCCCCCCCCCCCCCCCCCCCCCc1ccc2c(c1)sc1c3ccccc3sc21. The highest BCUT2D eigenvalue weighted by Gasteiger charge is 2.12. The lowest BCUT2D eigenvalue weighted by Crippen LogP contribution is -1.87. The second-order valence-electron chi connectivity index (χ2n) is 17.3. The van der Waals surface area contributed by atoms with Gasteiger partial charge in [-0.05, 0) is 30.5 Å². The van der Waals surface area contributed by atoms with E-state index in [0.29, 0.717) is 0 Å². The Morgan fingerprint density at radius 3 is 1.02 bits per heavy atom. The maximum absolute atomic E-state index is 2.48. The van der Waals surface area contributed by atoms with Crippen molar-refractivity contribution < 1.29 is 0 Å². The van der Waals surface area contributed by atoms with Gasteiger partial charge in [0.05, 0.1) is 9.40 Å². The van der Waals surface area contributed by atoms with Crippen molar-refractivity contribution >= 4 is 52.2 Å². The second kappa shape index (κ2) is 30.7. The van der Waals surface area contributed by atoms with E-state index in [1.165, 1.54) is 273 Å². The van der Waals surface area contributed by atoms with Crippen LogP contribution in [-0.2, 0) is 6.42 Å². The van der Waals surface area contributed by atoms with Crippen LogP contribution >= 0.6 is 22.7 Å². The molecule has 2 heterocycles. The van der Waals surface area contributed by atoms with Gasteiger partial charge in [0, 0.05) is 20.2 Å². The Morgan fingerprint density at radius 1 is 0.315 bits per heavy atom. The zero-order chi connectivity index (χ0) is 37.6. The first kappa shape index (κ1) is 45.3. The van der Waals surface area contributed by atoms with E-state index in [0.717, 1.165) is 0 Å². The number of rotatable bonds is 37. The van der Waals surface area contributed by atoms with E-state index in [1.54, 1.807) is 0 Å². The Kier molecular flexibility index (Phi) is 25.8. The Balaban J connectivity index is 0.797. The minimum absolute atomic E-state index is 1.24. The Morgan fingerprint density at radius 2 is 0.630 bits per heavy atom. The van der Waals surface area contributed by atoms with Crippen LogP contribution in [0.4, 0.5) is 0 Å². The van der Waals surface area contributed by atoms with Crippen molar-refractivity contribution in [2.75, 3.05) is 0 Å². The molecule has 0 nitrogen and oxygen atoms in total. The van der Waals surface area contributed by atoms with Crippen LogP contribution in [0.25, 0.3) is 29.6 Å². The highest BCUT2D eigenvalue weighted by atomic mass is 32.1. The zero-order valence-corrected chi connectivity index (χ0v) is 37.2. The molecule has 0 radical (unpaired) electrons. The van der Waals surface area contributed by atoms with Gasteiger partial charge in [-0.1, -0.05) is 262 Å². The van der Waals surface area contributed by atoms with Crippen molar-refractivity contribution in [2.24, 2.45) is 0 Å². The monoisotopic (exact) mass is 773 g/mol. The summed E-state index contributed by atoms with van der Waals surface area (Å²) in [6, 6.07) is 16.2. The maximum atomic E-state index is 2.48. The zero-order valence-electron chi connectivity index (χ0n) is 35.5. The van der Waals surface area contributed by atoms with E-state index in [9.17, 15) is 0 Å². The van der Waals surface area contributed by atoms with Gasteiger partial charge < -0.3 is 0 Å². The van der Waals surface area contributed by atoms with Gasteiger partial charge >= 0.3 is 0 Å². The molecule has 0 aliphatic rings. The molecule has 0 saturated heterocycles. The van der Waals surface area contributed by atoms with E-state index < -0.39 is 0 Å². The summed E-state index contributed by atoms with van der Waals surface area (Å²) in [5.74, 6) is 0. The van der Waals surface area contributed by atoms with Gasteiger partial charge in [0.1, 0.15) is 0 Å². The summed E-state index contributed by atoms with van der Waals surface area (Å²) in [5, 5.41) is 2.90. The van der Waals surface area contributed by atoms with Crippen LogP contribution in [0.2, 0.25) is 0 Å². The van der Waals surface area contributed by atoms with Gasteiger partial charge in [0.25, 0.3) is 0 Å². The minimum atomic E-state index is 1.24. The van der Waals surface area contributed by atoms with Crippen molar-refractivity contribution in [3.05, 3.63) is 48.0 Å². The standard InChI is InChI=1S/C52H84S2/c1-2-3-4-5-6-7-8-9-10-11-12-13-14-15-16-17-18-19-20-21-22-23-24-25-26-27-28-29-30-31-32-33-34-35-36-37-40-46-43-44-48-50(45-46)54-51-47-41-38-39-42-49(47)53-52(48)51/h38-39,41-45H,2-37,40H2,1H3. The predicted molar refractivity (Wildman–Crippen MR) is 250 cm³/mol. The number of hydrogen-bond donors (Lipinski definition) is 0. The average Bonchev–Trinajstić information content (AvgIpc) is 3.73.